The maximum Gasteiger partial charge on any atom is 0.143 e. The molecule has 1 N–H and O–H groups in total. The maximum atomic E-state index is 3.91. The molecular formula is C14H15N5S. The second-order valence-electron chi connectivity index (χ2n) is 4.64. The van der Waals surface area contributed by atoms with Gasteiger partial charge < -0.3 is 5.32 Å². The van der Waals surface area contributed by atoms with Crippen molar-refractivity contribution < 1.29 is 0 Å². The van der Waals surface area contributed by atoms with E-state index in [2.05, 4.69) is 52.2 Å². The molecule has 102 valence electrons. The second-order valence-corrected chi connectivity index (χ2v) is 5.64. The minimum atomic E-state index is 0.854. The number of benzene rings is 1. The average molecular weight is 285 g/mol. The molecule has 6 heteroatoms. The molecule has 3 rings (SSSR count). The fraction of sp³-hybridized carbons (Fsp3) is 0.214. The van der Waals surface area contributed by atoms with E-state index in [0.29, 0.717) is 0 Å². The number of aryl methyl sites for hydroxylation is 2. The first kappa shape index (κ1) is 12.8. The molecule has 0 atom stereocenters. The van der Waals surface area contributed by atoms with Crippen LogP contribution in [0.15, 0.2) is 36.0 Å². The van der Waals surface area contributed by atoms with Gasteiger partial charge >= 0.3 is 0 Å². The van der Waals surface area contributed by atoms with Crippen LogP contribution in [0.5, 0.6) is 0 Å². The van der Waals surface area contributed by atoms with Crippen molar-refractivity contribution in [2.45, 2.75) is 20.4 Å². The molecule has 0 spiro atoms. The lowest BCUT2D eigenvalue weighted by Gasteiger charge is -2.10. The van der Waals surface area contributed by atoms with Crippen LogP contribution < -0.4 is 5.32 Å². The molecule has 2 aromatic heterocycles. The van der Waals surface area contributed by atoms with Crippen LogP contribution in [0.1, 0.15) is 16.0 Å². The number of rotatable bonds is 4. The van der Waals surface area contributed by atoms with Gasteiger partial charge in [-0.05, 0) is 65.0 Å². The average Bonchev–Trinajstić information content (AvgIpc) is 3.08. The number of hydrogen-bond acceptors (Lipinski definition) is 5. The number of thiophene rings is 1. The molecule has 0 bridgehead atoms. The van der Waals surface area contributed by atoms with Crippen LogP contribution in [-0.4, -0.2) is 20.2 Å². The van der Waals surface area contributed by atoms with Crippen LogP contribution in [-0.2, 0) is 6.54 Å². The van der Waals surface area contributed by atoms with E-state index in [4.69, 9.17) is 0 Å². The van der Waals surface area contributed by atoms with E-state index >= 15 is 0 Å². The standard InChI is InChI=1S/C14H15N5S/c1-10-5-6-20-14(10)8-15-12-3-4-13(11(2)7-12)19-9-16-17-18-19/h3-7,9,15H,8H2,1-2H3. The Labute approximate surface area is 121 Å². The third-order valence-corrected chi connectivity index (χ3v) is 4.24. The van der Waals surface area contributed by atoms with Crippen LogP contribution in [0, 0.1) is 13.8 Å². The van der Waals surface area contributed by atoms with Gasteiger partial charge in [0.15, 0.2) is 0 Å². The molecular weight excluding hydrogens is 270 g/mol. The Bertz CT molecular complexity index is 702. The molecule has 0 saturated carbocycles. The van der Waals surface area contributed by atoms with Gasteiger partial charge in [0.05, 0.1) is 5.69 Å². The second kappa shape index (κ2) is 5.42. The molecule has 0 amide bonds. The number of tetrazole rings is 1. The summed E-state index contributed by atoms with van der Waals surface area (Å²) < 4.78 is 1.67. The van der Waals surface area contributed by atoms with Crippen molar-refractivity contribution in [3.8, 4) is 5.69 Å². The third kappa shape index (κ3) is 2.55. The quantitative estimate of drug-likeness (QED) is 0.800. The van der Waals surface area contributed by atoms with Gasteiger partial charge in [0, 0.05) is 17.1 Å². The molecule has 0 fully saturated rings. The normalized spacial score (nSPS) is 10.7. The van der Waals surface area contributed by atoms with E-state index in [0.717, 1.165) is 23.5 Å². The zero-order chi connectivity index (χ0) is 13.9. The SMILES string of the molecule is Cc1cc(NCc2sccc2C)ccc1-n1cnnn1. The minimum Gasteiger partial charge on any atom is -0.380 e. The molecule has 0 aliphatic heterocycles. The zero-order valence-corrected chi connectivity index (χ0v) is 12.2. The highest BCUT2D eigenvalue weighted by Crippen LogP contribution is 2.20. The lowest BCUT2D eigenvalue weighted by Crippen LogP contribution is -2.02. The first-order valence-corrected chi connectivity index (χ1v) is 7.23. The molecule has 3 aromatic rings. The summed E-state index contributed by atoms with van der Waals surface area (Å²) in [7, 11) is 0. The topological polar surface area (TPSA) is 55.6 Å². The molecule has 0 saturated heterocycles. The van der Waals surface area contributed by atoms with Gasteiger partial charge in [-0.25, -0.2) is 4.68 Å². The largest absolute Gasteiger partial charge is 0.380 e. The van der Waals surface area contributed by atoms with E-state index in [1.54, 1.807) is 22.3 Å². The number of aromatic nitrogens is 4. The fourth-order valence-electron chi connectivity index (χ4n) is 2.06. The summed E-state index contributed by atoms with van der Waals surface area (Å²) in [4.78, 5) is 1.37. The Morgan fingerprint density at radius 2 is 2.10 bits per heavy atom. The molecule has 2 heterocycles. The van der Waals surface area contributed by atoms with Gasteiger partial charge in [-0.15, -0.1) is 16.4 Å². The summed E-state index contributed by atoms with van der Waals surface area (Å²) in [6.45, 7) is 5.05. The highest BCUT2D eigenvalue weighted by atomic mass is 32.1. The first-order valence-electron chi connectivity index (χ1n) is 6.35. The van der Waals surface area contributed by atoms with Gasteiger partial charge in [0.2, 0.25) is 0 Å². The van der Waals surface area contributed by atoms with Gasteiger partial charge in [-0.2, -0.15) is 0 Å². The number of anilines is 1. The van der Waals surface area contributed by atoms with Crippen molar-refractivity contribution in [3.63, 3.8) is 0 Å². The van der Waals surface area contributed by atoms with Gasteiger partial charge in [0.1, 0.15) is 6.33 Å². The Kier molecular flexibility index (Phi) is 3.47. The van der Waals surface area contributed by atoms with Crippen molar-refractivity contribution in [3.05, 3.63) is 52.0 Å². The molecule has 1 aromatic carbocycles. The van der Waals surface area contributed by atoms with Crippen molar-refractivity contribution >= 4 is 17.0 Å². The minimum absolute atomic E-state index is 0.854. The molecule has 0 unspecified atom stereocenters. The van der Waals surface area contributed by atoms with Crippen molar-refractivity contribution in [1.29, 1.82) is 0 Å². The fourth-order valence-corrected chi connectivity index (χ4v) is 2.91. The smallest absolute Gasteiger partial charge is 0.143 e. The molecule has 0 radical (unpaired) electrons. The van der Waals surface area contributed by atoms with Crippen LogP contribution in [0.2, 0.25) is 0 Å². The summed E-state index contributed by atoms with van der Waals surface area (Å²) in [5, 5.41) is 16.8. The van der Waals surface area contributed by atoms with E-state index in [1.165, 1.54) is 10.4 Å². The Hall–Kier alpha value is -2.21. The van der Waals surface area contributed by atoms with Crippen LogP contribution in [0.4, 0.5) is 5.69 Å². The first-order chi connectivity index (χ1) is 9.74. The Morgan fingerprint density at radius 1 is 1.20 bits per heavy atom. The van der Waals surface area contributed by atoms with Gasteiger partial charge in [-0.3, -0.25) is 0 Å². The van der Waals surface area contributed by atoms with Crippen LogP contribution in [0.3, 0.4) is 0 Å². The van der Waals surface area contributed by atoms with E-state index < -0.39 is 0 Å². The predicted molar refractivity (Wildman–Crippen MR) is 80.3 cm³/mol. The van der Waals surface area contributed by atoms with Gasteiger partial charge in [0.25, 0.3) is 0 Å². The van der Waals surface area contributed by atoms with Crippen LogP contribution >= 0.6 is 11.3 Å². The predicted octanol–water partition coefficient (Wildman–Crippen LogP) is 2.95. The van der Waals surface area contributed by atoms with Crippen molar-refractivity contribution in [2.75, 3.05) is 5.32 Å². The van der Waals surface area contributed by atoms with E-state index in [-0.39, 0.29) is 0 Å². The van der Waals surface area contributed by atoms with E-state index in [1.807, 2.05) is 12.1 Å². The van der Waals surface area contributed by atoms with E-state index in [9.17, 15) is 0 Å². The zero-order valence-electron chi connectivity index (χ0n) is 11.4. The number of nitrogens with one attached hydrogen (secondary N) is 1. The summed E-state index contributed by atoms with van der Waals surface area (Å²) in [6.07, 6.45) is 1.60. The highest BCUT2D eigenvalue weighted by Gasteiger charge is 2.04. The molecule has 5 nitrogen and oxygen atoms in total. The number of hydrogen-bond donors (Lipinski definition) is 1. The summed E-state index contributed by atoms with van der Waals surface area (Å²) in [5.74, 6) is 0. The summed E-state index contributed by atoms with van der Waals surface area (Å²) >= 11 is 1.78. The number of nitrogens with zero attached hydrogens (tertiary/aromatic N) is 4. The monoisotopic (exact) mass is 285 g/mol. The molecule has 0 aliphatic rings. The summed E-state index contributed by atoms with van der Waals surface area (Å²) in [6, 6.07) is 8.33. The summed E-state index contributed by atoms with van der Waals surface area (Å²) in [5.41, 5.74) is 4.56. The van der Waals surface area contributed by atoms with Crippen molar-refractivity contribution in [1.82, 2.24) is 20.2 Å². The Morgan fingerprint density at radius 3 is 2.75 bits per heavy atom. The lowest BCUT2D eigenvalue weighted by molar-refractivity contribution is 0.785. The lowest BCUT2D eigenvalue weighted by atomic mass is 10.1. The maximum absolute atomic E-state index is 3.91. The Balaban J connectivity index is 1.76. The third-order valence-electron chi connectivity index (χ3n) is 3.21. The molecule has 0 aliphatic carbocycles. The molecule has 20 heavy (non-hydrogen) atoms. The van der Waals surface area contributed by atoms with Gasteiger partial charge in [-0.1, -0.05) is 0 Å². The van der Waals surface area contributed by atoms with Crippen LogP contribution in [0.25, 0.3) is 5.69 Å². The van der Waals surface area contributed by atoms with Crippen molar-refractivity contribution in [2.24, 2.45) is 0 Å². The highest BCUT2D eigenvalue weighted by molar-refractivity contribution is 7.10.